The molecule has 3 nitrogen and oxygen atoms in total. The second-order valence-electron chi connectivity index (χ2n) is 2.64. The lowest BCUT2D eigenvalue weighted by molar-refractivity contribution is 0.418. The standard InChI is InChI=1S/C9H10N2O/c1-7-10-6-8-9(12-2)4-3-5-11(7)8/h3-6H,1-2H3. The zero-order valence-electron chi connectivity index (χ0n) is 7.11. The minimum Gasteiger partial charge on any atom is -0.494 e. The van der Waals surface area contributed by atoms with Gasteiger partial charge in [0.25, 0.3) is 0 Å². The van der Waals surface area contributed by atoms with Crippen LogP contribution in [0.2, 0.25) is 0 Å². The maximum absolute atomic E-state index is 5.18. The van der Waals surface area contributed by atoms with Crippen molar-refractivity contribution < 1.29 is 4.74 Å². The van der Waals surface area contributed by atoms with Gasteiger partial charge in [-0.05, 0) is 19.1 Å². The van der Waals surface area contributed by atoms with Gasteiger partial charge in [-0.2, -0.15) is 0 Å². The van der Waals surface area contributed by atoms with Gasteiger partial charge in [-0.25, -0.2) is 4.98 Å². The first kappa shape index (κ1) is 7.16. The fourth-order valence-corrected chi connectivity index (χ4v) is 1.30. The molecule has 0 fully saturated rings. The zero-order valence-corrected chi connectivity index (χ0v) is 7.11. The highest BCUT2D eigenvalue weighted by Crippen LogP contribution is 2.19. The van der Waals surface area contributed by atoms with Crippen LogP contribution in [0.15, 0.2) is 24.5 Å². The summed E-state index contributed by atoms with van der Waals surface area (Å²) >= 11 is 0. The van der Waals surface area contributed by atoms with E-state index in [0.717, 1.165) is 17.1 Å². The molecule has 0 aromatic carbocycles. The van der Waals surface area contributed by atoms with Crippen LogP contribution in [0.5, 0.6) is 5.75 Å². The number of rotatable bonds is 1. The van der Waals surface area contributed by atoms with Crippen LogP contribution in [0.3, 0.4) is 0 Å². The van der Waals surface area contributed by atoms with Gasteiger partial charge in [-0.1, -0.05) is 0 Å². The van der Waals surface area contributed by atoms with Gasteiger partial charge in [0.2, 0.25) is 0 Å². The van der Waals surface area contributed by atoms with Crippen molar-refractivity contribution in [3.8, 4) is 5.75 Å². The van der Waals surface area contributed by atoms with Crippen LogP contribution in [0.1, 0.15) is 5.82 Å². The molecule has 62 valence electrons. The molecule has 0 unspecified atom stereocenters. The van der Waals surface area contributed by atoms with Gasteiger partial charge < -0.3 is 9.14 Å². The maximum atomic E-state index is 5.18. The molecule has 0 spiro atoms. The van der Waals surface area contributed by atoms with Gasteiger partial charge in [0.1, 0.15) is 17.1 Å². The zero-order chi connectivity index (χ0) is 8.55. The molecule has 2 heterocycles. The molecule has 3 heteroatoms. The molecule has 0 radical (unpaired) electrons. The monoisotopic (exact) mass is 162 g/mol. The summed E-state index contributed by atoms with van der Waals surface area (Å²) in [4.78, 5) is 4.19. The van der Waals surface area contributed by atoms with E-state index in [1.54, 1.807) is 7.11 Å². The molecule has 2 rings (SSSR count). The summed E-state index contributed by atoms with van der Waals surface area (Å²) in [6.07, 6.45) is 3.79. The summed E-state index contributed by atoms with van der Waals surface area (Å²) in [7, 11) is 1.66. The molecule has 0 saturated carbocycles. The largest absolute Gasteiger partial charge is 0.494 e. The third-order valence-electron chi connectivity index (χ3n) is 1.94. The van der Waals surface area contributed by atoms with Gasteiger partial charge >= 0.3 is 0 Å². The van der Waals surface area contributed by atoms with E-state index in [1.165, 1.54) is 0 Å². The molecule has 0 bridgehead atoms. The van der Waals surface area contributed by atoms with E-state index >= 15 is 0 Å². The Kier molecular flexibility index (Phi) is 1.50. The van der Waals surface area contributed by atoms with E-state index in [1.807, 2.05) is 35.9 Å². The van der Waals surface area contributed by atoms with Crippen molar-refractivity contribution in [2.24, 2.45) is 0 Å². The van der Waals surface area contributed by atoms with Crippen molar-refractivity contribution in [3.63, 3.8) is 0 Å². The van der Waals surface area contributed by atoms with Crippen LogP contribution in [-0.2, 0) is 0 Å². The van der Waals surface area contributed by atoms with Gasteiger partial charge in [-0.3, -0.25) is 0 Å². The van der Waals surface area contributed by atoms with E-state index in [9.17, 15) is 0 Å². The number of methoxy groups -OCH3 is 1. The predicted octanol–water partition coefficient (Wildman–Crippen LogP) is 1.65. The molecule has 0 saturated heterocycles. The Bertz CT molecular complexity index is 406. The highest BCUT2D eigenvalue weighted by Gasteiger charge is 2.02. The number of hydrogen-bond acceptors (Lipinski definition) is 2. The second-order valence-corrected chi connectivity index (χ2v) is 2.64. The molecule has 2 aromatic heterocycles. The SMILES string of the molecule is COc1cccn2c(C)ncc12. The lowest BCUT2D eigenvalue weighted by atomic mass is 10.4. The molecule has 12 heavy (non-hydrogen) atoms. The van der Waals surface area contributed by atoms with E-state index in [0.29, 0.717) is 0 Å². The van der Waals surface area contributed by atoms with Crippen LogP contribution < -0.4 is 4.74 Å². The molecule has 0 atom stereocenters. The fraction of sp³-hybridized carbons (Fsp3) is 0.222. The summed E-state index contributed by atoms with van der Waals surface area (Å²) < 4.78 is 7.18. The number of fused-ring (bicyclic) bond motifs is 1. The van der Waals surface area contributed by atoms with E-state index in [4.69, 9.17) is 4.74 Å². The quantitative estimate of drug-likeness (QED) is 0.637. The van der Waals surface area contributed by atoms with Crippen molar-refractivity contribution >= 4 is 5.52 Å². The molecule has 0 N–H and O–H groups in total. The van der Waals surface area contributed by atoms with Crippen molar-refractivity contribution in [2.45, 2.75) is 6.92 Å². The topological polar surface area (TPSA) is 26.5 Å². The average molecular weight is 162 g/mol. The smallest absolute Gasteiger partial charge is 0.144 e. The van der Waals surface area contributed by atoms with E-state index < -0.39 is 0 Å². The minimum absolute atomic E-state index is 0.859. The Morgan fingerprint density at radius 3 is 3.08 bits per heavy atom. The van der Waals surface area contributed by atoms with Crippen molar-refractivity contribution in [1.82, 2.24) is 9.38 Å². The van der Waals surface area contributed by atoms with E-state index in [2.05, 4.69) is 4.98 Å². The number of aryl methyl sites for hydroxylation is 1. The first-order valence-corrected chi connectivity index (χ1v) is 3.79. The normalized spacial score (nSPS) is 10.5. The predicted molar refractivity (Wildman–Crippen MR) is 46.5 cm³/mol. The van der Waals surface area contributed by atoms with Crippen LogP contribution in [0.4, 0.5) is 0 Å². The van der Waals surface area contributed by atoms with E-state index in [-0.39, 0.29) is 0 Å². The molecule has 2 aromatic rings. The summed E-state index contributed by atoms with van der Waals surface area (Å²) in [6, 6.07) is 3.87. The number of ether oxygens (including phenoxy) is 1. The molecular weight excluding hydrogens is 152 g/mol. The summed E-state index contributed by atoms with van der Waals surface area (Å²) in [5.41, 5.74) is 1.01. The average Bonchev–Trinajstić information content (AvgIpc) is 2.48. The van der Waals surface area contributed by atoms with Gasteiger partial charge in [0.15, 0.2) is 0 Å². The summed E-state index contributed by atoms with van der Waals surface area (Å²) in [6.45, 7) is 1.96. The molecule has 0 amide bonds. The number of aromatic nitrogens is 2. The first-order valence-electron chi connectivity index (χ1n) is 3.79. The lowest BCUT2D eigenvalue weighted by Crippen LogP contribution is -1.90. The number of imidazole rings is 1. The highest BCUT2D eigenvalue weighted by atomic mass is 16.5. The molecular formula is C9H10N2O. The molecule has 0 aliphatic carbocycles. The van der Waals surface area contributed by atoms with Crippen LogP contribution in [0, 0.1) is 6.92 Å². The third kappa shape index (κ3) is 0.863. The Hall–Kier alpha value is -1.51. The van der Waals surface area contributed by atoms with Gasteiger partial charge in [-0.15, -0.1) is 0 Å². The third-order valence-corrected chi connectivity index (χ3v) is 1.94. The first-order chi connectivity index (χ1) is 5.83. The maximum Gasteiger partial charge on any atom is 0.144 e. The van der Waals surface area contributed by atoms with Crippen molar-refractivity contribution in [2.75, 3.05) is 7.11 Å². The number of hydrogen-bond donors (Lipinski definition) is 0. The molecule has 0 aliphatic heterocycles. The van der Waals surface area contributed by atoms with Crippen LogP contribution in [-0.4, -0.2) is 16.5 Å². The minimum atomic E-state index is 0.859. The summed E-state index contributed by atoms with van der Waals surface area (Å²) in [5.74, 6) is 1.84. The molecule has 0 aliphatic rings. The van der Waals surface area contributed by atoms with Crippen LogP contribution >= 0.6 is 0 Å². The Morgan fingerprint density at radius 2 is 2.33 bits per heavy atom. The Morgan fingerprint density at radius 1 is 1.50 bits per heavy atom. The Labute approximate surface area is 70.6 Å². The van der Waals surface area contributed by atoms with Crippen molar-refractivity contribution in [3.05, 3.63) is 30.4 Å². The van der Waals surface area contributed by atoms with Gasteiger partial charge in [0.05, 0.1) is 13.3 Å². The highest BCUT2D eigenvalue weighted by molar-refractivity contribution is 5.59. The number of nitrogens with zero attached hydrogens (tertiary/aromatic N) is 2. The lowest BCUT2D eigenvalue weighted by Gasteiger charge is -2.01. The van der Waals surface area contributed by atoms with Crippen molar-refractivity contribution in [1.29, 1.82) is 0 Å². The fourth-order valence-electron chi connectivity index (χ4n) is 1.30. The van der Waals surface area contributed by atoms with Crippen LogP contribution in [0.25, 0.3) is 5.52 Å². The number of pyridine rings is 1. The Balaban J connectivity index is 2.81. The second kappa shape index (κ2) is 2.52. The van der Waals surface area contributed by atoms with Gasteiger partial charge in [0, 0.05) is 6.20 Å². The summed E-state index contributed by atoms with van der Waals surface area (Å²) in [5, 5.41) is 0.